The van der Waals surface area contributed by atoms with E-state index in [2.05, 4.69) is 256 Å². The maximum atomic E-state index is 5.57. The Morgan fingerprint density at radius 3 is 1.22 bits per heavy atom. The van der Waals surface area contributed by atoms with Gasteiger partial charge >= 0.3 is 0 Å². The van der Waals surface area contributed by atoms with Gasteiger partial charge in [-0.05, 0) is 90.1 Å². The largest absolute Gasteiger partial charge is 0.657 e. The van der Waals surface area contributed by atoms with Crippen LogP contribution in [0.15, 0.2) is 169 Å². The van der Waals surface area contributed by atoms with Gasteiger partial charge in [0, 0.05) is 50.4 Å². The minimum atomic E-state index is -0.0385. The topological polar surface area (TPSA) is 32.9 Å². The first-order chi connectivity index (χ1) is 30.3. The van der Waals surface area contributed by atoms with Crippen molar-refractivity contribution in [2.45, 2.75) is 105 Å². The smallest absolute Gasteiger partial charge is 0.129 e. The summed E-state index contributed by atoms with van der Waals surface area (Å²) in [5.74, 6) is 0.908. The number of aromatic nitrogens is 1. The van der Waals surface area contributed by atoms with Crippen LogP contribution in [0.1, 0.15) is 111 Å². The summed E-state index contributed by atoms with van der Waals surface area (Å²) in [6.45, 7) is 29.8. The van der Waals surface area contributed by atoms with E-state index in [9.17, 15) is 0 Å². The van der Waals surface area contributed by atoms with Crippen LogP contribution < -0.4 is 14.9 Å². The van der Waals surface area contributed by atoms with Crippen LogP contribution in [0.3, 0.4) is 0 Å². The number of hydrazone groups is 1. The fourth-order valence-electron chi connectivity index (χ4n) is 8.29. The SMILES string of the molecule is CC(C)(C)c1cc(C2=NN(c3cc(C(C)(C)C)cc(C(C)(C)C)c3)[CH-]N2c2c(-c3ccccc3)cccc2-c2ccccc2)cc(C(C)(C)C)c1.[Au].c1ccc2c(c1)[n-]c1ccccc12. The molecule has 0 fully saturated rings. The van der Waals surface area contributed by atoms with Gasteiger partial charge in [-0.25, -0.2) is 0 Å². The molecule has 1 radical (unpaired) electrons. The van der Waals surface area contributed by atoms with E-state index >= 15 is 0 Å². The Hall–Kier alpha value is -5.65. The van der Waals surface area contributed by atoms with Crippen LogP contribution in [-0.2, 0) is 44.0 Å². The fourth-order valence-corrected chi connectivity index (χ4v) is 8.29. The maximum absolute atomic E-state index is 5.57. The molecule has 5 heteroatoms. The monoisotopic (exact) mass is 1040 g/mol. The molecule has 8 aromatic rings. The zero-order valence-electron chi connectivity index (χ0n) is 40.3. The molecule has 0 atom stereocenters. The molecule has 0 saturated carbocycles. The standard InChI is InChI=1S/C48H56N3.C12H8N.Au/c1-45(2,3)36-26-35(27-37(28-36)46(4,5)6)44-49-51(40-30-38(47(7,8)9)29-39(31-40)48(10,11)12)32-50(44)43-41(33-20-15-13-16-21-33)24-19-25-42(43)34-22-17-14-18-23-34;1-3-7-11-9(5-1)10-6-2-4-8-12(10)13-11;/h13-32H,1-12H3;1-8H;/q2*-1;. The molecule has 1 aliphatic heterocycles. The number of hydrogen-bond donors (Lipinski definition) is 0. The van der Waals surface area contributed by atoms with Gasteiger partial charge in [0.1, 0.15) is 5.84 Å². The van der Waals surface area contributed by atoms with Gasteiger partial charge in [0.15, 0.2) is 0 Å². The minimum absolute atomic E-state index is 0. The van der Waals surface area contributed by atoms with Gasteiger partial charge < -0.3 is 14.9 Å². The van der Waals surface area contributed by atoms with Crippen molar-refractivity contribution >= 4 is 39.0 Å². The van der Waals surface area contributed by atoms with E-state index in [1.807, 2.05) is 12.1 Å². The van der Waals surface area contributed by atoms with E-state index in [1.54, 1.807) is 0 Å². The van der Waals surface area contributed by atoms with Crippen molar-refractivity contribution < 1.29 is 22.4 Å². The maximum Gasteiger partial charge on any atom is 0.129 e. The molecule has 0 bridgehead atoms. The fraction of sp³-hybridized carbons (Fsp3) is 0.267. The summed E-state index contributed by atoms with van der Waals surface area (Å²) in [7, 11) is 0. The first kappa shape index (κ1) is 47.3. The molecule has 0 amide bonds. The van der Waals surface area contributed by atoms with Gasteiger partial charge in [-0.15, -0.1) is 17.7 Å². The van der Waals surface area contributed by atoms with Crippen LogP contribution in [0.4, 0.5) is 11.4 Å². The molecule has 0 N–H and O–H groups in total. The summed E-state index contributed by atoms with van der Waals surface area (Å²) in [4.78, 5) is 6.86. The van der Waals surface area contributed by atoms with Gasteiger partial charge in [0.05, 0.1) is 0 Å². The van der Waals surface area contributed by atoms with Crippen LogP contribution >= 0.6 is 0 Å². The Morgan fingerprint density at radius 1 is 0.415 bits per heavy atom. The Morgan fingerprint density at radius 2 is 0.800 bits per heavy atom. The number of para-hydroxylation sites is 3. The van der Waals surface area contributed by atoms with E-state index in [0.717, 1.165) is 44.9 Å². The van der Waals surface area contributed by atoms with Gasteiger partial charge in [-0.2, -0.15) is 5.10 Å². The molecule has 7 aromatic carbocycles. The number of nitrogens with zero attached hydrogens (tertiary/aromatic N) is 4. The second-order valence-electron chi connectivity index (χ2n) is 21.4. The van der Waals surface area contributed by atoms with E-state index in [1.165, 1.54) is 44.2 Å². The van der Waals surface area contributed by atoms with E-state index in [0.29, 0.717) is 0 Å². The van der Waals surface area contributed by atoms with E-state index < -0.39 is 0 Å². The number of benzene rings is 7. The Labute approximate surface area is 404 Å². The second kappa shape index (κ2) is 18.3. The number of hydrogen-bond acceptors (Lipinski definition) is 3. The molecular formula is C60H64AuN4-2. The van der Waals surface area contributed by atoms with Crippen molar-refractivity contribution in [1.82, 2.24) is 4.98 Å². The number of fused-ring (bicyclic) bond motifs is 3. The molecule has 1 aromatic heterocycles. The number of amidine groups is 1. The zero-order chi connectivity index (χ0) is 45.6. The molecular weight excluding hydrogens is 974 g/mol. The number of rotatable bonds is 5. The second-order valence-corrected chi connectivity index (χ2v) is 21.4. The third-order valence-corrected chi connectivity index (χ3v) is 12.3. The van der Waals surface area contributed by atoms with Crippen LogP contribution in [0, 0.1) is 6.67 Å². The van der Waals surface area contributed by atoms with Crippen LogP contribution in [0.2, 0.25) is 0 Å². The van der Waals surface area contributed by atoms with Crippen LogP contribution in [0.5, 0.6) is 0 Å². The van der Waals surface area contributed by atoms with Gasteiger partial charge in [-0.1, -0.05) is 223 Å². The summed E-state index contributed by atoms with van der Waals surface area (Å²) in [6.07, 6.45) is 0. The van der Waals surface area contributed by atoms with Crippen molar-refractivity contribution in [3.05, 3.63) is 198 Å². The summed E-state index contributed by atoms with van der Waals surface area (Å²) in [6, 6.07) is 58.8. The van der Waals surface area contributed by atoms with Gasteiger partial charge in [-0.3, -0.25) is 0 Å². The molecule has 0 aliphatic carbocycles. The first-order valence-corrected chi connectivity index (χ1v) is 22.7. The molecule has 337 valence electrons. The van der Waals surface area contributed by atoms with Crippen molar-refractivity contribution in [2.24, 2.45) is 5.10 Å². The summed E-state index contributed by atoms with van der Waals surface area (Å²) in [5.41, 5.74) is 15.2. The Bertz CT molecular complexity index is 2780. The molecule has 4 nitrogen and oxygen atoms in total. The molecule has 0 saturated heterocycles. The molecule has 9 rings (SSSR count). The number of anilines is 2. The average molecular weight is 1040 g/mol. The minimum Gasteiger partial charge on any atom is -0.657 e. The summed E-state index contributed by atoms with van der Waals surface area (Å²) < 4.78 is 0. The molecule has 0 unspecified atom stereocenters. The average Bonchev–Trinajstić information content (AvgIpc) is 3.88. The normalized spacial score (nSPS) is 13.4. The van der Waals surface area contributed by atoms with Gasteiger partial charge in [0.25, 0.3) is 0 Å². The van der Waals surface area contributed by atoms with E-state index in [4.69, 9.17) is 5.10 Å². The predicted octanol–water partition coefficient (Wildman–Crippen LogP) is 16.0. The third kappa shape index (κ3) is 10.3. The van der Waals surface area contributed by atoms with Crippen LogP contribution in [-0.4, -0.2) is 5.84 Å². The molecule has 2 heterocycles. The third-order valence-electron chi connectivity index (χ3n) is 12.3. The van der Waals surface area contributed by atoms with Crippen molar-refractivity contribution in [2.75, 3.05) is 9.91 Å². The van der Waals surface area contributed by atoms with Crippen LogP contribution in [0.25, 0.3) is 44.1 Å². The molecule has 65 heavy (non-hydrogen) atoms. The van der Waals surface area contributed by atoms with E-state index in [-0.39, 0.29) is 44.0 Å². The molecule has 0 spiro atoms. The summed E-state index contributed by atoms with van der Waals surface area (Å²) in [5, 5.41) is 10.2. The molecule has 1 aliphatic rings. The Kier molecular flexibility index (Phi) is 13.3. The first-order valence-electron chi connectivity index (χ1n) is 22.7. The Balaban J connectivity index is 0.000000381. The quantitative estimate of drug-likeness (QED) is 0.127. The van der Waals surface area contributed by atoms with Gasteiger partial charge in [0.2, 0.25) is 0 Å². The zero-order valence-corrected chi connectivity index (χ0v) is 42.4. The predicted molar refractivity (Wildman–Crippen MR) is 276 cm³/mol. The van der Waals surface area contributed by atoms with Crippen molar-refractivity contribution in [3.63, 3.8) is 0 Å². The summed E-state index contributed by atoms with van der Waals surface area (Å²) >= 11 is 0. The van der Waals surface area contributed by atoms with Crippen molar-refractivity contribution in [3.8, 4) is 22.3 Å². The van der Waals surface area contributed by atoms with Crippen molar-refractivity contribution in [1.29, 1.82) is 0 Å².